The summed E-state index contributed by atoms with van der Waals surface area (Å²) < 4.78 is 18.6. The van der Waals surface area contributed by atoms with Crippen molar-refractivity contribution in [2.24, 2.45) is 10.2 Å². The number of rotatable bonds is 6. The molecule has 154 valence electrons. The van der Waals surface area contributed by atoms with Gasteiger partial charge in [-0.2, -0.15) is 5.10 Å². The van der Waals surface area contributed by atoms with E-state index in [-0.39, 0.29) is 18.3 Å². The molecule has 5 nitrogen and oxygen atoms in total. The van der Waals surface area contributed by atoms with Gasteiger partial charge in [0.2, 0.25) is 0 Å². The molecule has 0 saturated carbocycles. The molecule has 0 radical (unpaired) electrons. The van der Waals surface area contributed by atoms with Gasteiger partial charge in [0.15, 0.2) is 5.17 Å². The van der Waals surface area contributed by atoms with Crippen molar-refractivity contribution in [1.29, 1.82) is 0 Å². The number of amidine groups is 1. The second-order valence-corrected chi connectivity index (χ2v) is 7.56. The molecule has 4 rings (SSSR count). The first kappa shape index (κ1) is 20.6. The van der Waals surface area contributed by atoms with Gasteiger partial charge in [0, 0.05) is 6.21 Å². The van der Waals surface area contributed by atoms with Crippen LogP contribution in [0.15, 0.2) is 98.6 Å². The Morgan fingerprint density at radius 2 is 1.81 bits per heavy atom. The molecule has 0 bridgehead atoms. The molecule has 0 spiro atoms. The topological polar surface area (TPSA) is 58.2 Å². The minimum atomic E-state index is -0.327. The number of carbonyl (C=O) groups excluding carboxylic acids is 1. The number of halogens is 1. The third kappa shape index (κ3) is 5.46. The maximum Gasteiger partial charge on any atom is 0.267 e. The Morgan fingerprint density at radius 1 is 1.00 bits per heavy atom. The molecule has 1 saturated heterocycles. The van der Waals surface area contributed by atoms with Gasteiger partial charge in [-0.25, -0.2) is 4.39 Å². The Labute approximate surface area is 183 Å². The zero-order chi connectivity index (χ0) is 21.5. The smallest absolute Gasteiger partial charge is 0.267 e. The SMILES string of the molecule is O=C1/C(=C/c2ccc(F)cc2)S/C(=N/N=C\C=C\c2ccccc2)N1Cc1ccco1. The summed E-state index contributed by atoms with van der Waals surface area (Å²) in [5.74, 6) is 0.101. The van der Waals surface area contributed by atoms with Crippen molar-refractivity contribution in [3.05, 3.63) is 107 Å². The van der Waals surface area contributed by atoms with E-state index in [0.717, 1.165) is 11.1 Å². The highest BCUT2D eigenvalue weighted by molar-refractivity contribution is 8.18. The van der Waals surface area contributed by atoms with E-state index in [2.05, 4.69) is 10.2 Å². The van der Waals surface area contributed by atoms with E-state index in [9.17, 15) is 9.18 Å². The molecule has 1 aliphatic heterocycles. The Bertz CT molecular complexity index is 1150. The predicted molar refractivity (Wildman–Crippen MR) is 123 cm³/mol. The Hall–Kier alpha value is -3.71. The van der Waals surface area contributed by atoms with Crippen LogP contribution in [-0.4, -0.2) is 22.2 Å². The van der Waals surface area contributed by atoms with Gasteiger partial charge in [0.1, 0.15) is 11.6 Å². The molecule has 2 aromatic carbocycles. The molecule has 1 amide bonds. The summed E-state index contributed by atoms with van der Waals surface area (Å²) in [4.78, 5) is 15.0. The largest absolute Gasteiger partial charge is 0.467 e. The van der Waals surface area contributed by atoms with Gasteiger partial charge >= 0.3 is 0 Å². The Kier molecular flexibility index (Phi) is 6.54. The molecule has 0 N–H and O–H groups in total. The van der Waals surface area contributed by atoms with E-state index < -0.39 is 0 Å². The standard InChI is InChI=1S/C24H18FN3O2S/c25-20-12-10-19(11-13-20)16-22-23(29)28(17-21-9-5-15-30-21)24(31-22)27-26-14-4-8-18-6-2-1-3-7-18/h1-16H,17H2/b8-4+,22-16-,26-14-,27-24+. The molecular formula is C24H18FN3O2S. The summed E-state index contributed by atoms with van der Waals surface area (Å²) >= 11 is 1.22. The zero-order valence-electron chi connectivity index (χ0n) is 16.4. The maximum atomic E-state index is 13.2. The number of amides is 1. The number of hydrogen-bond acceptors (Lipinski definition) is 5. The summed E-state index contributed by atoms with van der Waals surface area (Å²) in [6.07, 6.45) is 8.53. The van der Waals surface area contributed by atoms with E-state index >= 15 is 0 Å². The van der Waals surface area contributed by atoms with Crippen LogP contribution in [0, 0.1) is 5.82 Å². The molecular weight excluding hydrogens is 413 g/mol. The quantitative estimate of drug-likeness (QED) is 0.290. The Morgan fingerprint density at radius 3 is 2.55 bits per heavy atom. The van der Waals surface area contributed by atoms with E-state index in [1.54, 1.807) is 48.9 Å². The number of benzene rings is 2. The first-order valence-corrected chi connectivity index (χ1v) is 10.3. The lowest BCUT2D eigenvalue weighted by Crippen LogP contribution is -2.28. The van der Waals surface area contributed by atoms with Gasteiger partial charge in [-0.05, 0) is 59.3 Å². The minimum Gasteiger partial charge on any atom is -0.467 e. The lowest BCUT2D eigenvalue weighted by atomic mass is 10.2. The van der Waals surface area contributed by atoms with Crippen LogP contribution in [0.5, 0.6) is 0 Å². The molecule has 0 aliphatic carbocycles. The fourth-order valence-electron chi connectivity index (χ4n) is 2.83. The predicted octanol–water partition coefficient (Wildman–Crippen LogP) is 5.59. The third-order valence-electron chi connectivity index (χ3n) is 4.33. The molecule has 7 heteroatoms. The van der Waals surface area contributed by atoms with E-state index in [0.29, 0.717) is 15.8 Å². The average molecular weight is 431 g/mol. The summed E-state index contributed by atoms with van der Waals surface area (Å²) in [5, 5.41) is 8.77. The van der Waals surface area contributed by atoms with Crippen LogP contribution >= 0.6 is 11.8 Å². The van der Waals surface area contributed by atoms with Crippen molar-refractivity contribution in [1.82, 2.24) is 4.90 Å². The van der Waals surface area contributed by atoms with Gasteiger partial charge in [-0.1, -0.05) is 48.5 Å². The molecule has 0 unspecified atom stereocenters. The monoisotopic (exact) mass is 431 g/mol. The zero-order valence-corrected chi connectivity index (χ0v) is 17.2. The fourth-order valence-corrected chi connectivity index (χ4v) is 3.77. The maximum absolute atomic E-state index is 13.2. The number of hydrogen-bond donors (Lipinski definition) is 0. The van der Waals surface area contributed by atoms with Crippen molar-refractivity contribution < 1.29 is 13.6 Å². The van der Waals surface area contributed by atoms with Gasteiger partial charge in [-0.3, -0.25) is 9.69 Å². The van der Waals surface area contributed by atoms with Crippen LogP contribution in [0.4, 0.5) is 4.39 Å². The highest BCUT2D eigenvalue weighted by Gasteiger charge is 2.34. The Balaban J connectivity index is 1.54. The molecule has 0 atom stereocenters. The van der Waals surface area contributed by atoms with E-state index in [1.165, 1.54) is 28.8 Å². The first-order chi connectivity index (χ1) is 15.2. The normalized spacial score (nSPS) is 17.1. The van der Waals surface area contributed by atoms with Gasteiger partial charge < -0.3 is 4.42 Å². The highest BCUT2D eigenvalue weighted by atomic mass is 32.2. The summed E-state index contributed by atoms with van der Waals surface area (Å²) in [6, 6.07) is 19.4. The summed E-state index contributed by atoms with van der Waals surface area (Å²) in [6.45, 7) is 0.244. The lowest BCUT2D eigenvalue weighted by Gasteiger charge is -2.12. The van der Waals surface area contributed by atoms with Crippen molar-refractivity contribution in [2.45, 2.75) is 6.54 Å². The molecule has 31 heavy (non-hydrogen) atoms. The van der Waals surface area contributed by atoms with Crippen molar-refractivity contribution in [3.8, 4) is 0 Å². The van der Waals surface area contributed by atoms with Crippen LogP contribution in [-0.2, 0) is 11.3 Å². The van der Waals surface area contributed by atoms with Gasteiger partial charge in [0.25, 0.3) is 5.91 Å². The van der Waals surface area contributed by atoms with Crippen LogP contribution in [0.2, 0.25) is 0 Å². The van der Waals surface area contributed by atoms with Crippen LogP contribution < -0.4 is 0 Å². The second-order valence-electron chi connectivity index (χ2n) is 6.55. The van der Waals surface area contributed by atoms with Gasteiger partial charge in [0.05, 0.1) is 17.7 Å². The first-order valence-electron chi connectivity index (χ1n) is 9.51. The van der Waals surface area contributed by atoms with Crippen molar-refractivity contribution >= 4 is 41.2 Å². The van der Waals surface area contributed by atoms with Crippen molar-refractivity contribution in [2.75, 3.05) is 0 Å². The number of carbonyl (C=O) groups is 1. The fraction of sp³-hybridized carbons (Fsp3) is 0.0417. The van der Waals surface area contributed by atoms with Crippen LogP contribution in [0.1, 0.15) is 16.9 Å². The minimum absolute atomic E-state index is 0.209. The second kappa shape index (κ2) is 9.86. The molecule has 3 aromatic rings. The number of thioether (sulfide) groups is 1. The van der Waals surface area contributed by atoms with E-state index in [1.807, 2.05) is 36.4 Å². The summed E-state index contributed by atoms with van der Waals surface area (Å²) in [5.41, 5.74) is 1.78. The molecule has 1 fully saturated rings. The van der Waals surface area contributed by atoms with Crippen LogP contribution in [0.25, 0.3) is 12.2 Å². The molecule has 1 aromatic heterocycles. The lowest BCUT2D eigenvalue weighted by molar-refractivity contribution is -0.122. The van der Waals surface area contributed by atoms with Crippen LogP contribution in [0.3, 0.4) is 0 Å². The number of allylic oxidation sites excluding steroid dienone is 1. The number of furan rings is 1. The summed E-state index contributed by atoms with van der Waals surface area (Å²) in [7, 11) is 0. The number of nitrogens with zero attached hydrogens (tertiary/aromatic N) is 3. The van der Waals surface area contributed by atoms with Gasteiger partial charge in [-0.15, -0.1) is 5.10 Å². The molecule has 2 heterocycles. The highest BCUT2D eigenvalue weighted by Crippen LogP contribution is 2.33. The third-order valence-corrected chi connectivity index (χ3v) is 5.33. The molecule has 1 aliphatic rings. The van der Waals surface area contributed by atoms with Crippen molar-refractivity contribution in [3.63, 3.8) is 0 Å². The average Bonchev–Trinajstić information content (AvgIpc) is 3.40. The van der Waals surface area contributed by atoms with E-state index in [4.69, 9.17) is 4.42 Å².